The lowest BCUT2D eigenvalue weighted by atomic mass is 10.0. The van der Waals surface area contributed by atoms with Crippen LogP contribution < -0.4 is 0 Å². The van der Waals surface area contributed by atoms with Crippen LogP contribution in [-0.4, -0.2) is 11.7 Å². The van der Waals surface area contributed by atoms with Crippen LogP contribution in [0.25, 0.3) is 0 Å². The van der Waals surface area contributed by atoms with Crippen LogP contribution in [0.3, 0.4) is 0 Å². The van der Waals surface area contributed by atoms with Gasteiger partial charge in [0.25, 0.3) is 0 Å². The van der Waals surface area contributed by atoms with E-state index in [4.69, 9.17) is 5.11 Å². The summed E-state index contributed by atoms with van der Waals surface area (Å²) in [4.78, 5) is 0. The lowest BCUT2D eigenvalue weighted by Gasteiger charge is -2.05. The summed E-state index contributed by atoms with van der Waals surface area (Å²) in [6, 6.07) is 0. The zero-order valence-corrected chi connectivity index (χ0v) is 43.2. The van der Waals surface area contributed by atoms with Crippen LogP contribution in [0.2, 0.25) is 0 Å². The lowest BCUT2D eigenvalue weighted by Crippen LogP contribution is -1.85. The van der Waals surface area contributed by atoms with E-state index in [2.05, 4.69) is 6.92 Å². The molecule has 368 valence electrons. The van der Waals surface area contributed by atoms with E-state index in [9.17, 15) is 0 Å². The summed E-state index contributed by atoms with van der Waals surface area (Å²) in [6.07, 6.45) is 85.0. The van der Waals surface area contributed by atoms with E-state index >= 15 is 0 Å². The fraction of sp³-hybridized carbons (Fsp3) is 1.00. The van der Waals surface area contributed by atoms with Crippen molar-refractivity contribution in [1.29, 1.82) is 0 Å². The number of unbranched alkanes of at least 4 members (excludes halogenated alkanes) is 57. The molecule has 0 radical (unpaired) electrons. The van der Waals surface area contributed by atoms with Gasteiger partial charge in [-0.15, -0.1) is 0 Å². The number of aliphatic hydroxyl groups is 1. The molecule has 0 unspecified atom stereocenters. The molecule has 0 rings (SSSR count). The van der Waals surface area contributed by atoms with Crippen LogP contribution in [-0.2, 0) is 0 Å². The second-order valence-electron chi connectivity index (χ2n) is 20.9. The average molecular weight is 860 g/mol. The van der Waals surface area contributed by atoms with Gasteiger partial charge >= 0.3 is 0 Å². The number of hydrogen-bond donors (Lipinski definition) is 1. The van der Waals surface area contributed by atoms with Crippen LogP contribution in [0.1, 0.15) is 379 Å². The number of aliphatic hydroxyl groups excluding tert-OH is 1. The quantitative estimate of drug-likeness (QED) is 0.0604. The molecule has 1 heteroatoms. The van der Waals surface area contributed by atoms with Gasteiger partial charge in [0.1, 0.15) is 0 Å². The third-order valence-electron chi connectivity index (χ3n) is 14.5. The first-order valence-electron chi connectivity index (χ1n) is 30.0. The number of rotatable bonds is 58. The summed E-state index contributed by atoms with van der Waals surface area (Å²) in [5.74, 6) is 0. The fourth-order valence-corrected chi connectivity index (χ4v) is 10.1. The highest BCUT2D eigenvalue weighted by Crippen LogP contribution is 2.19. The molecule has 0 aliphatic carbocycles. The van der Waals surface area contributed by atoms with Crippen LogP contribution in [0, 0.1) is 0 Å². The van der Waals surface area contributed by atoms with Gasteiger partial charge in [0.15, 0.2) is 0 Å². The Bertz CT molecular complexity index is 644. The maximum absolute atomic E-state index is 8.83. The Labute approximate surface area is 389 Å². The Balaban J connectivity index is 3.06. The van der Waals surface area contributed by atoms with Gasteiger partial charge in [-0.25, -0.2) is 0 Å². The highest BCUT2D eigenvalue weighted by Gasteiger charge is 2.00. The molecule has 0 aromatic heterocycles. The first-order chi connectivity index (χ1) is 30.4. The molecular formula is C60H122O. The summed E-state index contributed by atoms with van der Waals surface area (Å²) in [6.45, 7) is 2.69. The Kier molecular flexibility index (Phi) is 59.9. The van der Waals surface area contributed by atoms with Crippen molar-refractivity contribution in [1.82, 2.24) is 0 Å². The van der Waals surface area contributed by atoms with E-state index in [0.717, 1.165) is 6.42 Å². The van der Waals surface area contributed by atoms with Gasteiger partial charge in [0.2, 0.25) is 0 Å². The second kappa shape index (κ2) is 60.0. The Hall–Kier alpha value is -0.0400. The van der Waals surface area contributed by atoms with Gasteiger partial charge < -0.3 is 5.11 Å². The third-order valence-corrected chi connectivity index (χ3v) is 14.5. The SMILES string of the molecule is CCCCCCCCCCCCCCCCCCCCCCCCCCCCCCCCCCCCCCCCCCCCCCCCCCCCCCCCCCCCO. The molecule has 0 bridgehead atoms. The summed E-state index contributed by atoms with van der Waals surface area (Å²) in [7, 11) is 0. The predicted molar refractivity (Wildman–Crippen MR) is 281 cm³/mol. The van der Waals surface area contributed by atoms with Crippen molar-refractivity contribution in [3.63, 3.8) is 0 Å². The van der Waals surface area contributed by atoms with Crippen molar-refractivity contribution in [2.45, 2.75) is 379 Å². The molecule has 0 aromatic rings. The molecule has 0 saturated heterocycles. The highest BCUT2D eigenvalue weighted by atomic mass is 16.2. The Morgan fingerprint density at radius 2 is 0.213 bits per heavy atom. The van der Waals surface area contributed by atoms with E-state index in [1.54, 1.807) is 0 Å². The maximum atomic E-state index is 8.83. The molecule has 0 aliphatic rings. The Morgan fingerprint density at radius 1 is 0.131 bits per heavy atom. The van der Waals surface area contributed by atoms with Gasteiger partial charge in [-0.3, -0.25) is 0 Å². The van der Waals surface area contributed by atoms with E-state index in [0.29, 0.717) is 6.61 Å². The maximum Gasteiger partial charge on any atom is 0.0431 e. The minimum absolute atomic E-state index is 0.375. The molecule has 0 heterocycles. The van der Waals surface area contributed by atoms with E-state index in [-0.39, 0.29) is 0 Å². The molecule has 0 aromatic carbocycles. The van der Waals surface area contributed by atoms with E-state index < -0.39 is 0 Å². The molecule has 0 aliphatic heterocycles. The minimum atomic E-state index is 0.375. The largest absolute Gasteiger partial charge is 0.396 e. The van der Waals surface area contributed by atoms with Crippen molar-refractivity contribution in [2.24, 2.45) is 0 Å². The first-order valence-corrected chi connectivity index (χ1v) is 30.0. The standard InChI is InChI=1S/C60H122O/c1-2-3-4-5-6-7-8-9-10-11-12-13-14-15-16-17-18-19-20-21-22-23-24-25-26-27-28-29-30-31-32-33-34-35-36-37-38-39-40-41-42-43-44-45-46-47-48-49-50-51-52-53-54-55-56-57-58-59-60-61/h61H,2-60H2,1H3. The summed E-state index contributed by atoms with van der Waals surface area (Å²) < 4.78 is 0. The Morgan fingerprint density at radius 3 is 0.295 bits per heavy atom. The van der Waals surface area contributed by atoms with Crippen molar-refractivity contribution in [2.75, 3.05) is 6.61 Å². The summed E-state index contributed by atoms with van der Waals surface area (Å²) in [5.41, 5.74) is 0. The zero-order chi connectivity index (χ0) is 43.7. The predicted octanol–water partition coefficient (Wildman–Crippen LogP) is 22.6. The topological polar surface area (TPSA) is 20.2 Å². The minimum Gasteiger partial charge on any atom is -0.396 e. The monoisotopic (exact) mass is 859 g/mol. The fourth-order valence-electron chi connectivity index (χ4n) is 10.1. The van der Waals surface area contributed by atoms with Crippen LogP contribution in [0.15, 0.2) is 0 Å². The lowest BCUT2D eigenvalue weighted by molar-refractivity contribution is 0.282. The molecule has 0 fully saturated rings. The molecule has 0 saturated carbocycles. The molecule has 1 N–H and O–H groups in total. The van der Waals surface area contributed by atoms with E-state index in [1.165, 1.54) is 366 Å². The van der Waals surface area contributed by atoms with Crippen LogP contribution >= 0.6 is 0 Å². The molecule has 0 atom stereocenters. The van der Waals surface area contributed by atoms with Gasteiger partial charge in [0, 0.05) is 6.61 Å². The molecule has 1 nitrogen and oxygen atoms in total. The smallest absolute Gasteiger partial charge is 0.0431 e. The second-order valence-corrected chi connectivity index (χ2v) is 20.9. The molecular weight excluding hydrogens is 737 g/mol. The number of hydrogen-bond acceptors (Lipinski definition) is 1. The van der Waals surface area contributed by atoms with Gasteiger partial charge in [0.05, 0.1) is 0 Å². The molecule has 61 heavy (non-hydrogen) atoms. The van der Waals surface area contributed by atoms with E-state index in [1.807, 2.05) is 0 Å². The summed E-state index contributed by atoms with van der Waals surface area (Å²) >= 11 is 0. The van der Waals surface area contributed by atoms with Gasteiger partial charge in [-0.1, -0.05) is 373 Å². The molecule has 0 amide bonds. The average Bonchev–Trinajstić information content (AvgIpc) is 3.27. The third kappa shape index (κ3) is 60.0. The van der Waals surface area contributed by atoms with Crippen molar-refractivity contribution in [3.05, 3.63) is 0 Å². The highest BCUT2D eigenvalue weighted by molar-refractivity contribution is 4.55. The zero-order valence-electron chi connectivity index (χ0n) is 43.2. The van der Waals surface area contributed by atoms with Gasteiger partial charge in [-0.05, 0) is 6.42 Å². The van der Waals surface area contributed by atoms with Crippen molar-refractivity contribution >= 4 is 0 Å². The normalized spacial score (nSPS) is 11.7. The van der Waals surface area contributed by atoms with Crippen molar-refractivity contribution in [3.8, 4) is 0 Å². The van der Waals surface area contributed by atoms with Gasteiger partial charge in [-0.2, -0.15) is 0 Å². The summed E-state index contributed by atoms with van der Waals surface area (Å²) in [5, 5.41) is 8.83. The van der Waals surface area contributed by atoms with Crippen molar-refractivity contribution < 1.29 is 5.11 Å². The molecule has 0 spiro atoms. The van der Waals surface area contributed by atoms with Crippen LogP contribution in [0.4, 0.5) is 0 Å². The van der Waals surface area contributed by atoms with Crippen LogP contribution in [0.5, 0.6) is 0 Å². The first kappa shape index (κ1) is 61.0.